The minimum absolute atomic E-state index is 0.00209. The maximum Gasteiger partial charge on any atom is 0.264 e. The van der Waals surface area contributed by atoms with Crippen molar-refractivity contribution in [1.82, 2.24) is 10.2 Å². The second kappa shape index (κ2) is 13.0. The summed E-state index contributed by atoms with van der Waals surface area (Å²) in [4.78, 5) is 28.1. The Morgan fingerprint density at radius 2 is 1.55 bits per heavy atom. The molecule has 0 spiro atoms. The van der Waals surface area contributed by atoms with Gasteiger partial charge in [0.1, 0.15) is 18.3 Å². The second-order valence-corrected chi connectivity index (χ2v) is 10.9. The average molecular weight is 579 g/mol. The summed E-state index contributed by atoms with van der Waals surface area (Å²) in [5, 5.41) is 3.21. The van der Waals surface area contributed by atoms with Crippen molar-refractivity contribution in [2.45, 2.75) is 30.8 Å². The third kappa shape index (κ3) is 6.40. The summed E-state index contributed by atoms with van der Waals surface area (Å²) in [6, 6.07) is 18.3. The van der Waals surface area contributed by atoms with Gasteiger partial charge in [-0.15, -0.1) is 0 Å². The zero-order valence-electron chi connectivity index (χ0n) is 21.2. The second-order valence-electron chi connectivity index (χ2n) is 8.26. The molecule has 38 heavy (non-hydrogen) atoms. The minimum Gasteiger partial charge on any atom is -0.495 e. The van der Waals surface area contributed by atoms with Crippen LogP contribution in [0, 0.1) is 0 Å². The van der Waals surface area contributed by atoms with Crippen molar-refractivity contribution in [1.29, 1.82) is 0 Å². The molecule has 0 unspecified atom stereocenters. The predicted octanol–water partition coefficient (Wildman–Crippen LogP) is 4.75. The lowest BCUT2D eigenvalue weighted by Crippen LogP contribution is -2.51. The van der Waals surface area contributed by atoms with E-state index in [4.69, 9.17) is 27.9 Å². The Morgan fingerprint density at radius 3 is 2.13 bits per heavy atom. The third-order valence-corrected chi connectivity index (χ3v) is 8.47. The predicted molar refractivity (Wildman–Crippen MR) is 149 cm³/mol. The largest absolute Gasteiger partial charge is 0.495 e. The number of methoxy groups -OCH3 is 1. The van der Waals surface area contributed by atoms with Crippen molar-refractivity contribution in [2.24, 2.45) is 0 Å². The summed E-state index contributed by atoms with van der Waals surface area (Å²) in [5.74, 6) is -0.764. The Hall–Kier alpha value is -3.27. The van der Waals surface area contributed by atoms with Crippen LogP contribution in [0.15, 0.2) is 77.7 Å². The molecular formula is C27H29Cl2N3O5S. The monoisotopic (exact) mass is 577 g/mol. The Balaban J connectivity index is 2.13. The normalized spacial score (nSPS) is 11.9. The Labute approximate surface area is 233 Å². The van der Waals surface area contributed by atoms with E-state index in [2.05, 4.69) is 5.32 Å². The molecule has 202 valence electrons. The SMILES string of the molecule is CC[C@@H](C(=O)NC)N(Cc1c(Cl)cccc1Cl)C(=O)CN(c1ccccc1OC)S(=O)(=O)c1ccccc1. The van der Waals surface area contributed by atoms with Crippen molar-refractivity contribution in [3.05, 3.63) is 88.4 Å². The van der Waals surface area contributed by atoms with Crippen molar-refractivity contribution < 1.29 is 22.7 Å². The molecule has 3 aromatic rings. The highest BCUT2D eigenvalue weighted by Crippen LogP contribution is 2.33. The molecule has 0 radical (unpaired) electrons. The quantitative estimate of drug-likeness (QED) is 0.354. The van der Waals surface area contributed by atoms with Gasteiger partial charge >= 0.3 is 0 Å². The summed E-state index contributed by atoms with van der Waals surface area (Å²) in [7, 11) is -1.33. The molecule has 0 saturated heterocycles. The highest BCUT2D eigenvalue weighted by atomic mass is 35.5. The number of nitrogens with one attached hydrogen (secondary N) is 1. The highest BCUT2D eigenvalue weighted by Gasteiger charge is 2.34. The standard InChI is InChI=1S/C27H29Cl2N3O5S/c1-4-23(27(34)30-2)31(17-20-21(28)13-10-14-22(20)29)26(33)18-32(24-15-8-9-16-25(24)37-3)38(35,36)19-11-6-5-7-12-19/h5-16,23H,4,17-18H2,1-3H3,(H,30,34)/t23-/m0/s1. The van der Waals surface area contributed by atoms with Gasteiger partial charge in [-0.2, -0.15) is 0 Å². The van der Waals surface area contributed by atoms with E-state index in [0.717, 1.165) is 4.31 Å². The molecule has 0 aliphatic carbocycles. The fraction of sp³-hybridized carbons (Fsp3) is 0.259. The molecule has 0 bridgehead atoms. The van der Waals surface area contributed by atoms with Crippen LogP contribution < -0.4 is 14.4 Å². The van der Waals surface area contributed by atoms with E-state index >= 15 is 0 Å². The number of ether oxygens (including phenoxy) is 1. The van der Waals surface area contributed by atoms with Gasteiger partial charge in [-0.05, 0) is 42.8 Å². The molecule has 0 aromatic heterocycles. The number of anilines is 1. The van der Waals surface area contributed by atoms with Gasteiger partial charge in [0, 0.05) is 29.2 Å². The first-order chi connectivity index (χ1) is 18.1. The van der Waals surface area contributed by atoms with Crippen LogP contribution >= 0.6 is 23.2 Å². The fourth-order valence-electron chi connectivity index (χ4n) is 4.01. The molecule has 0 heterocycles. The lowest BCUT2D eigenvalue weighted by atomic mass is 10.1. The molecule has 0 aliphatic heterocycles. The van der Waals surface area contributed by atoms with Gasteiger partial charge in [-0.3, -0.25) is 13.9 Å². The smallest absolute Gasteiger partial charge is 0.264 e. The van der Waals surface area contributed by atoms with E-state index in [1.54, 1.807) is 67.6 Å². The zero-order valence-corrected chi connectivity index (χ0v) is 23.6. The topological polar surface area (TPSA) is 96.0 Å². The van der Waals surface area contributed by atoms with Crippen LogP contribution in [0.2, 0.25) is 10.0 Å². The van der Waals surface area contributed by atoms with Crippen LogP contribution in [0.5, 0.6) is 5.75 Å². The molecular weight excluding hydrogens is 549 g/mol. The van der Waals surface area contributed by atoms with E-state index in [1.807, 2.05) is 0 Å². The average Bonchev–Trinajstić information content (AvgIpc) is 2.93. The van der Waals surface area contributed by atoms with Crippen molar-refractivity contribution in [3.63, 3.8) is 0 Å². The minimum atomic E-state index is -4.21. The summed E-state index contributed by atoms with van der Waals surface area (Å²) in [6.45, 7) is 1.05. The molecule has 0 saturated carbocycles. The Morgan fingerprint density at radius 1 is 0.947 bits per heavy atom. The summed E-state index contributed by atoms with van der Waals surface area (Å²) < 4.78 is 34.1. The molecule has 1 N–H and O–H groups in total. The molecule has 1 atom stereocenters. The molecule has 2 amide bonds. The van der Waals surface area contributed by atoms with E-state index in [1.165, 1.54) is 31.2 Å². The molecule has 11 heteroatoms. The van der Waals surface area contributed by atoms with E-state index < -0.39 is 34.4 Å². The van der Waals surface area contributed by atoms with Crippen molar-refractivity contribution >= 4 is 50.7 Å². The highest BCUT2D eigenvalue weighted by molar-refractivity contribution is 7.92. The van der Waals surface area contributed by atoms with Gasteiger partial charge in [0.15, 0.2) is 0 Å². The number of sulfonamides is 1. The lowest BCUT2D eigenvalue weighted by molar-refractivity contribution is -0.140. The molecule has 0 fully saturated rings. The van der Waals surface area contributed by atoms with Gasteiger partial charge in [-0.25, -0.2) is 8.42 Å². The van der Waals surface area contributed by atoms with Gasteiger partial charge in [0.05, 0.1) is 17.7 Å². The van der Waals surface area contributed by atoms with Crippen molar-refractivity contribution in [2.75, 3.05) is 25.0 Å². The van der Waals surface area contributed by atoms with Crippen LogP contribution in [-0.2, 0) is 26.2 Å². The third-order valence-electron chi connectivity index (χ3n) is 5.99. The summed E-state index contributed by atoms with van der Waals surface area (Å²) >= 11 is 12.8. The number of halogens is 2. The number of hydrogen-bond donors (Lipinski definition) is 1. The number of nitrogens with zero attached hydrogens (tertiary/aromatic N) is 2. The number of rotatable bonds is 11. The number of carbonyl (C=O) groups excluding carboxylic acids is 2. The van der Waals surface area contributed by atoms with Crippen LogP contribution in [0.25, 0.3) is 0 Å². The van der Waals surface area contributed by atoms with Crippen LogP contribution in [0.3, 0.4) is 0 Å². The summed E-state index contributed by atoms with van der Waals surface area (Å²) in [6.07, 6.45) is 0.271. The van der Waals surface area contributed by atoms with Gasteiger partial charge in [-0.1, -0.05) is 66.5 Å². The number of para-hydroxylation sites is 2. The van der Waals surface area contributed by atoms with Gasteiger partial charge in [0.2, 0.25) is 11.8 Å². The zero-order chi connectivity index (χ0) is 27.9. The molecule has 3 rings (SSSR count). The van der Waals surface area contributed by atoms with E-state index in [-0.39, 0.29) is 29.3 Å². The Bertz CT molecular complexity index is 1370. The number of likely N-dealkylation sites (N-methyl/N-ethyl adjacent to an activating group) is 1. The Kier molecular flexibility index (Phi) is 10.0. The van der Waals surface area contributed by atoms with Crippen molar-refractivity contribution in [3.8, 4) is 5.75 Å². The van der Waals surface area contributed by atoms with E-state index in [9.17, 15) is 18.0 Å². The number of carbonyl (C=O) groups is 2. The maximum atomic E-state index is 14.0. The van der Waals surface area contributed by atoms with Crippen LogP contribution in [0.1, 0.15) is 18.9 Å². The summed E-state index contributed by atoms with van der Waals surface area (Å²) in [5.41, 5.74) is 0.622. The first-order valence-electron chi connectivity index (χ1n) is 11.8. The molecule has 3 aromatic carbocycles. The van der Waals surface area contributed by atoms with Crippen LogP contribution in [-0.4, -0.2) is 51.9 Å². The molecule has 0 aliphatic rings. The van der Waals surface area contributed by atoms with Gasteiger partial charge < -0.3 is 15.0 Å². The lowest BCUT2D eigenvalue weighted by Gasteiger charge is -2.33. The molecule has 8 nitrogen and oxygen atoms in total. The van der Waals surface area contributed by atoms with Crippen LogP contribution in [0.4, 0.5) is 5.69 Å². The first kappa shape index (κ1) is 29.3. The first-order valence-corrected chi connectivity index (χ1v) is 14.0. The van der Waals surface area contributed by atoms with Gasteiger partial charge in [0.25, 0.3) is 10.0 Å². The van der Waals surface area contributed by atoms with E-state index in [0.29, 0.717) is 15.6 Å². The maximum absolute atomic E-state index is 14.0. The number of hydrogen-bond acceptors (Lipinski definition) is 5. The fourth-order valence-corrected chi connectivity index (χ4v) is 5.97. The number of benzene rings is 3. The number of amides is 2.